The van der Waals surface area contributed by atoms with E-state index >= 15 is 0 Å². The summed E-state index contributed by atoms with van der Waals surface area (Å²) in [5.41, 5.74) is 0. The van der Waals surface area contributed by atoms with Crippen molar-refractivity contribution in [1.82, 2.24) is 4.90 Å². The summed E-state index contributed by atoms with van der Waals surface area (Å²) in [6.45, 7) is 10.6. The summed E-state index contributed by atoms with van der Waals surface area (Å²) in [7, 11) is 0. The minimum atomic E-state index is 0.919. The van der Waals surface area contributed by atoms with Crippen molar-refractivity contribution in [2.24, 2.45) is 0 Å². The monoisotopic (exact) mass is 213 g/mol. The molecule has 0 bridgehead atoms. The van der Waals surface area contributed by atoms with E-state index in [0.29, 0.717) is 0 Å². The highest BCUT2D eigenvalue weighted by Gasteiger charge is 2.28. The van der Waals surface area contributed by atoms with Gasteiger partial charge in [-0.15, -0.1) is 0 Å². The van der Waals surface area contributed by atoms with Gasteiger partial charge < -0.3 is 14.5 Å². The molecular weight excluding hydrogens is 188 g/mol. The molecule has 2 aliphatic heterocycles. The number of quaternary nitrogens is 1. The van der Waals surface area contributed by atoms with Crippen LogP contribution < -0.4 is 4.90 Å². The lowest BCUT2D eigenvalue weighted by atomic mass is 10.0. The summed E-state index contributed by atoms with van der Waals surface area (Å²) in [5, 5.41) is 0. The number of hydrogen-bond acceptors (Lipinski definition) is 2. The van der Waals surface area contributed by atoms with Gasteiger partial charge in [0.15, 0.2) is 0 Å². The Hall–Kier alpha value is -0.120. The summed E-state index contributed by atoms with van der Waals surface area (Å²) >= 11 is 0. The van der Waals surface area contributed by atoms with Gasteiger partial charge in [-0.3, -0.25) is 0 Å². The maximum Gasteiger partial charge on any atom is 0.101 e. The Morgan fingerprint density at radius 3 is 2.47 bits per heavy atom. The quantitative estimate of drug-likeness (QED) is 0.698. The Bertz CT molecular complexity index is 172. The number of rotatable bonds is 3. The maximum atomic E-state index is 5.42. The van der Waals surface area contributed by atoms with Crippen LogP contribution in [0.3, 0.4) is 0 Å². The lowest BCUT2D eigenvalue weighted by molar-refractivity contribution is -0.934. The van der Waals surface area contributed by atoms with Crippen LogP contribution in [-0.4, -0.2) is 56.9 Å². The van der Waals surface area contributed by atoms with Crippen molar-refractivity contribution in [2.75, 3.05) is 45.9 Å². The Labute approximate surface area is 93.4 Å². The third-order valence-electron chi connectivity index (χ3n) is 3.84. The van der Waals surface area contributed by atoms with Crippen LogP contribution in [0, 0.1) is 0 Å². The molecule has 1 N–H and O–H groups in total. The molecule has 2 rings (SSSR count). The topological polar surface area (TPSA) is 16.9 Å². The fourth-order valence-corrected chi connectivity index (χ4v) is 2.92. The van der Waals surface area contributed by atoms with E-state index in [1.54, 1.807) is 4.90 Å². The van der Waals surface area contributed by atoms with Gasteiger partial charge >= 0.3 is 0 Å². The van der Waals surface area contributed by atoms with Crippen molar-refractivity contribution >= 4 is 0 Å². The van der Waals surface area contributed by atoms with E-state index in [0.717, 1.165) is 19.3 Å². The maximum absolute atomic E-state index is 5.42. The fraction of sp³-hybridized carbons (Fsp3) is 1.00. The molecule has 2 saturated heterocycles. The van der Waals surface area contributed by atoms with Crippen LogP contribution >= 0.6 is 0 Å². The van der Waals surface area contributed by atoms with Crippen molar-refractivity contribution < 1.29 is 9.64 Å². The second-order valence-electron chi connectivity index (χ2n) is 4.89. The van der Waals surface area contributed by atoms with E-state index in [4.69, 9.17) is 4.74 Å². The van der Waals surface area contributed by atoms with Crippen molar-refractivity contribution in [3.05, 3.63) is 0 Å². The molecule has 15 heavy (non-hydrogen) atoms. The van der Waals surface area contributed by atoms with Gasteiger partial charge in [-0.05, 0) is 13.0 Å². The number of hydrogen-bond donors (Lipinski definition) is 1. The number of nitrogens with zero attached hydrogens (tertiary/aromatic N) is 1. The van der Waals surface area contributed by atoms with E-state index in [-0.39, 0.29) is 0 Å². The highest BCUT2D eigenvalue weighted by atomic mass is 16.5. The summed E-state index contributed by atoms with van der Waals surface area (Å²) in [6.07, 6.45) is 4.10. The molecule has 0 unspecified atom stereocenters. The minimum Gasteiger partial charge on any atom is -0.370 e. The van der Waals surface area contributed by atoms with E-state index in [1.807, 2.05) is 0 Å². The highest BCUT2D eigenvalue weighted by Crippen LogP contribution is 2.08. The predicted molar refractivity (Wildman–Crippen MR) is 61.3 cm³/mol. The minimum absolute atomic E-state index is 0.919. The van der Waals surface area contributed by atoms with Gasteiger partial charge in [-0.1, -0.05) is 6.92 Å². The third kappa shape index (κ3) is 3.16. The summed E-state index contributed by atoms with van der Waals surface area (Å²) in [6, 6.07) is 0.919. The first-order chi connectivity index (χ1) is 7.40. The van der Waals surface area contributed by atoms with Crippen LogP contribution in [0.2, 0.25) is 0 Å². The standard InChI is InChI=1S/C12H24N2O/c1-2-5-13-6-3-12(4-7-13)14-8-10-15-11-9-14/h12H,2-11H2,1H3/p+1. The van der Waals surface area contributed by atoms with Crippen LogP contribution in [0.5, 0.6) is 0 Å². The van der Waals surface area contributed by atoms with Crippen LogP contribution in [0.25, 0.3) is 0 Å². The second-order valence-corrected chi connectivity index (χ2v) is 4.89. The molecule has 0 aromatic carbocycles. The molecular formula is C12H25N2O+. The molecule has 2 heterocycles. The molecule has 0 radical (unpaired) electrons. The Balaban J connectivity index is 1.72. The molecule has 88 valence electrons. The molecule has 0 aromatic heterocycles. The SMILES string of the molecule is CCCN1CCC([NH+]2CCOCC2)CC1. The molecule has 0 aromatic rings. The molecule has 2 fully saturated rings. The number of likely N-dealkylation sites (tertiary alicyclic amines) is 1. The van der Waals surface area contributed by atoms with Crippen LogP contribution in [-0.2, 0) is 4.74 Å². The fourth-order valence-electron chi connectivity index (χ4n) is 2.92. The van der Waals surface area contributed by atoms with Gasteiger partial charge in [0.25, 0.3) is 0 Å². The van der Waals surface area contributed by atoms with Gasteiger partial charge in [0.1, 0.15) is 13.1 Å². The Morgan fingerprint density at radius 2 is 1.87 bits per heavy atom. The predicted octanol–water partition coefficient (Wildman–Crippen LogP) is -0.224. The smallest absolute Gasteiger partial charge is 0.101 e. The number of piperidine rings is 1. The molecule has 0 atom stereocenters. The summed E-state index contributed by atoms with van der Waals surface area (Å²) in [5.74, 6) is 0. The van der Waals surface area contributed by atoms with Crippen LogP contribution in [0.1, 0.15) is 26.2 Å². The first-order valence-electron chi connectivity index (χ1n) is 6.55. The molecule has 3 heteroatoms. The first-order valence-corrected chi connectivity index (χ1v) is 6.55. The van der Waals surface area contributed by atoms with Gasteiger partial charge in [-0.25, -0.2) is 0 Å². The highest BCUT2D eigenvalue weighted by molar-refractivity contribution is 4.71. The molecule has 0 aliphatic carbocycles. The van der Waals surface area contributed by atoms with E-state index < -0.39 is 0 Å². The van der Waals surface area contributed by atoms with Crippen molar-refractivity contribution in [2.45, 2.75) is 32.2 Å². The second kappa shape index (κ2) is 5.83. The number of nitrogens with one attached hydrogen (secondary N) is 1. The van der Waals surface area contributed by atoms with Gasteiger partial charge in [0.2, 0.25) is 0 Å². The van der Waals surface area contributed by atoms with Crippen molar-refractivity contribution in [1.29, 1.82) is 0 Å². The molecule has 0 amide bonds. The van der Waals surface area contributed by atoms with Crippen molar-refractivity contribution in [3.63, 3.8) is 0 Å². The first kappa shape index (κ1) is 11.4. The number of morpholine rings is 1. The van der Waals surface area contributed by atoms with Gasteiger partial charge in [0.05, 0.1) is 19.3 Å². The third-order valence-corrected chi connectivity index (χ3v) is 3.84. The van der Waals surface area contributed by atoms with Gasteiger partial charge in [-0.2, -0.15) is 0 Å². The van der Waals surface area contributed by atoms with Crippen LogP contribution in [0.15, 0.2) is 0 Å². The van der Waals surface area contributed by atoms with E-state index in [1.165, 1.54) is 52.0 Å². The van der Waals surface area contributed by atoms with E-state index in [2.05, 4.69) is 11.8 Å². The molecule has 2 aliphatic rings. The summed E-state index contributed by atoms with van der Waals surface area (Å²) < 4.78 is 5.42. The molecule has 0 spiro atoms. The lowest BCUT2D eigenvalue weighted by Gasteiger charge is -2.37. The molecule has 0 saturated carbocycles. The average Bonchev–Trinajstić information content (AvgIpc) is 2.32. The zero-order chi connectivity index (χ0) is 10.5. The zero-order valence-electron chi connectivity index (χ0n) is 10.0. The lowest BCUT2D eigenvalue weighted by Crippen LogP contribution is -3.18. The van der Waals surface area contributed by atoms with Crippen molar-refractivity contribution in [3.8, 4) is 0 Å². The molecule has 3 nitrogen and oxygen atoms in total. The van der Waals surface area contributed by atoms with Gasteiger partial charge in [0, 0.05) is 25.9 Å². The average molecular weight is 213 g/mol. The normalized spacial score (nSPS) is 27.0. The zero-order valence-corrected chi connectivity index (χ0v) is 10.0. The largest absolute Gasteiger partial charge is 0.370 e. The Morgan fingerprint density at radius 1 is 1.20 bits per heavy atom. The van der Waals surface area contributed by atoms with E-state index in [9.17, 15) is 0 Å². The van der Waals surface area contributed by atoms with Crippen LogP contribution in [0.4, 0.5) is 0 Å². The Kier molecular flexibility index (Phi) is 4.42. The number of ether oxygens (including phenoxy) is 1. The summed E-state index contributed by atoms with van der Waals surface area (Å²) in [4.78, 5) is 4.42.